The Bertz CT molecular complexity index is 636. The molecule has 6 heteroatoms. The summed E-state index contributed by atoms with van der Waals surface area (Å²) in [5.74, 6) is -0.136. The molecular formula is C17H21ClO5. The lowest BCUT2D eigenvalue weighted by atomic mass is 9.82. The van der Waals surface area contributed by atoms with Crippen molar-refractivity contribution in [3.05, 3.63) is 22.2 Å². The second kappa shape index (κ2) is 5.87. The Hall–Kier alpha value is -1.46. The molecule has 1 aromatic rings. The van der Waals surface area contributed by atoms with E-state index in [1.807, 2.05) is 6.92 Å². The molecule has 5 nitrogen and oxygen atoms in total. The van der Waals surface area contributed by atoms with Crippen molar-refractivity contribution in [3.63, 3.8) is 0 Å². The summed E-state index contributed by atoms with van der Waals surface area (Å²) in [7, 11) is 1.33. The van der Waals surface area contributed by atoms with Gasteiger partial charge in [0.2, 0.25) is 0 Å². The summed E-state index contributed by atoms with van der Waals surface area (Å²) in [5, 5.41) is 10.0. The molecule has 1 atom stereocenters. The van der Waals surface area contributed by atoms with Crippen LogP contribution in [0.1, 0.15) is 48.5 Å². The second-order valence-electron chi connectivity index (χ2n) is 6.41. The molecule has 2 aliphatic rings. The van der Waals surface area contributed by atoms with Crippen molar-refractivity contribution >= 4 is 17.6 Å². The third kappa shape index (κ3) is 2.76. The van der Waals surface area contributed by atoms with Crippen LogP contribution >= 0.6 is 11.6 Å². The quantitative estimate of drug-likeness (QED) is 0.835. The molecule has 1 aliphatic carbocycles. The zero-order chi connectivity index (χ0) is 16.8. The van der Waals surface area contributed by atoms with Gasteiger partial charge in [-0.05, 0) is 38.7 Å². The van der Waals surface area contributed by atoms with Gasteiger partial charge in [0.25, 0.3) is 5.79 Å². The first-order valence-corrected chi connectivity index (χ1v) is 8.21. The van der Waals surface area contributed by atoms with Gasteiger partial charge in [-0.25, -0.2) is 4.79 Å². The van der Waals surface area contributed by atoms with E-state index >= 15 is 0 Å². The van der Waals surface area contributed by atoms with E-state index in [1.165, 1.54) is 7.11 Å². The standard InChI is InChI=1S/C17H21ClO5/c1-9-12(16(20)21-3)8-13(18)15-14(9)22-17(2,23-15)10-4-6-11(19)7-5-10/h8,10-11,19H,4-7H2,1-3H3/t10?,11?,17-/m1/s1. The fourth-order valence-corrected chi connectivity index (χ4v) is 3.67. The largest absolute Gasteiger partial charge is 0.465 e. The summed E-state index contributed by atoms with van der Waals surface area (Å²) in [5.41, 5.74) is 1.04. The molecule has 0 bridgehead atoms. The lowest BCUT2D eigenvalue weighted by molar-refractivity contribution is -0.126. The number of hydrogen-bond donors (Lipinski definition) is 1. The van der Waals surface area contributed by atoms with E-state index in [0.29, 0.717) is 27.6 Å². The molecule has 0 aromatic heterocycles. The van der Waals surface area contributed by atoms with Gasteiger partial charge in [-0.3, -0.25) is 0 Å². The molecule has 1 fully saturated rings. The number of benzene rings is 1. The normalized spacial score (nSPS) is 29.4. The number of rotatable bonds is 2. The van der Waals surface area contributed by atoms with Crippen molar-refractivity contribution in [1.29, 1.82) is 0 Å². The summed E-state index contributed by atoms with van der Waals surface area (Å²) < 4.78 is 17.0. The maximum absolute atomic E-state index is 11.9. The first-order chi connectivity index (χ1) is 10.9. The first kappa shape index (κ1) is 16.4. The van der Waals surface area contributed by atoms with Crippen LogP contribution in [0.3, 0.4) is 0 Å². The van der Waals surface area contributed by atoms with E-state index < -0.39 is 11.8 Å². The molecule has 0 unspecified atom stereocenters. The molecule has 3 rings (SSSR count). The number of ether oxygens (including phenoxy) is 3. The molecule has 1 aliphatic heterocycles. The summed E-state index contributed by atoms with van der Waals surface area (Å²) in [6.45, 7) is 3.68. The molecule has 0 saturated heterocycles. The van der Waals surface area contributed by atoms with Crippen molar-refractivity contribution in [3.8, 4) is 11.5 Å². The topological polar surface area (TPSA) is 65.0 Å². The zero-order valence-electron chi connectivity index (χ0n) is 13.5. The second-order valence-corrected chi connectivity index (χ2v) is 6.81. The van der Waals surface area contributed by atoms with Crippen LogP contribution in [0.15, 0.2) is 6.07 Å². The van der Waals surface area contributed by atoms with Crippen LogP contribution in [0.25, 0.3) is 0 Å². The highest BCUT2D eigenvalue weighted by Gasteiger charge is 2.47. The van der Waals surface area contributed by atoms with Crippen LogP contribution in [-0.4, -0.2) is 30.1 Å². The molecule has 0 radical (unpaired) electrons. The van der Waals surface area contributed by atoms with Crippen LogP contribution in [0, 0.1) is 12.8 Å². The van der Waals surface area contributed by atoms with Gasteiger partial charge in [0, 0.05) is 18.4 Å². The highest BCUT2D eigenvalue weighted by molar-refractivity contribution is 6.32. The van der Waals surface area contributed by atoms with Gasteiger partial charge in [0.15, 0.2) is 11.5 Å². The molecule has 0 spiro atoms. The average Bonchev–Trinajstić information content (AvgIpc) is 2.90. The number of halogens is 1. The molecule has 1 aromatic carbocycles. The highest BCUT2D eigenvalue weighted by Crippen LogP contribution is 2.51. The van der Waals surface area contributed by atoms with E-state index in [-0.39, 0.29) is 12.0 Å². The Morgan fingerprint density at radius 3 is 2.52 bits per heavy atom. The Labute approximate surface area is 140 Å². The number of esters is 1. The molecule has 0 amide bonds. The monoisotopic (exact) mass is 340 g/mol. The smallest absolute Gasteiger partial charge is 0.338 e. The van der Waals surface area contributed by atoms with Gasteiger partial charge in [0.1, 0.15) is 0 Å². The first-order valence-electron chi connectivity index (χ1n) is 7.83. The van der Waals surface area contributed by atoms with Crippen molar-refractivity contribution in [2.24, 2.45) is 5.92 Å². The molecule has 1 N–H and O–H groups in total. The zero-order valence-corrected chi connectivity index (χ0v) is 14.3. The van der Waals surface area contributed by atoms with Crippen molar-refractivity contribution in [2.75, 3.05) is 7.11 Å². The minimum absolute atomic E-state index is 0.162. The predicted molar refractivity (Wildman–Crippen MR) is 85.2 cm³/mol. The predicted octanol–water partition coefficient (Wildman–Crippen LogP) is 3.47. The number of aliphatic hydroxyl groups excluding tert-OH is 1. The van der Waals surface area contributed by atoms with Crippen molar-refractivity contribution < 1.29 is 24.1 Å². The molecule has 1 saturated carbocycles. The summed E-state index contributed by atoms with van der Waals surface area (Å²) in [6.07, 6.45) is 2.89. The number of hydrogen-bond acceptors (Lipinski definition) is 5. The summed E-state index contributed by atoms with van der Waals surface area (Å²) in [4.78, 5) is 11.9. The van der Waals surface area contributed by atoms with Gasteiger partial charge >= 0.3 is 5.97 Å². The Kier molecular flexibility index (Phi) is 4.19. The van der Waals surface area contributed by atoms with E-state index in [9.17, 15) is 9.90 Å². The minimum atomic E-state index is -0.828. The molecule has 126 valence electrons. The Balaban J connectivity index is 1.92. The SMILES string of the molecule is COC(=O)c1cc(Cl)c2c(c1C)O[C@@](C)(C1CCC(O)CC1)O2. The number of aliphatic hydroxyl groups is 1. The van der Waals surface area contributed by atoms with Gasteiger partial charge in [-0.2, -0.15) is 0 Å². The van der Waals surface area contributed by atoms with Crippen LogP contribution in [0.5, 0.6) is 11.5 Å². The van der Waals surface area contributed by atoms with Gasteiger partial charge in [0.05, 0.1) is 23.8 Å². The minimum Gasteiger partial charge on any atom is -0.465 e. The Morgan fingerprint density at radius 2 is 1.91 bits per heavy atom. The fourth-order valence-electron chi connectivity index (χ4n) is 3.43. The van der Waals surface area contributed by atoms with Crippen molar-refractivity contribution in [2.45, 2.75) is 51.4 Å². The van der Waals surface area contributed by atoms with E-state index in [2.05, 4.69) is 0 Å². The maximum atomic E-state index is 11.9. The van der Waals surface area contributed by atoms with Gasteiger partial charge < -0.3 is 19.3 Å². The van der Waals surface area contributed by atoms with E-state index in [1.54, 1.807) is 13.0 Å². The van der Waals surface area contributed by atoms with Gasteiger partial charge in [-0.15, -0.1) is 0 Å². The van der Waals surface area contributed by atoms with Crippen molar-refractivity contribution in [1.82, 2.24) is 0 Å². The van der Waals surface area contributed by atoms with Crippen LogP contribution in [0.4, 0.5) is 0 Å². The van der Waals surface area contributed by atoms with Crippen LogP contribution < -0.4 is 9.47 Å². The number of fused-ring (bicyclic) bond motifs is 1. The van der Waals surface area contributed by atoms with Gasteiger partial charge in [-0.1, -0.05) is 11.6 Å². The molecular weight excluding hydrogens is 320 g/mol. The maximum Gasteiger partial charge on any atom is 0.338 e. The number of methoxy groups -OCH3 is 1. The number of carbonyl (C=O) groups is 1. The lowest BCUT2D eigenvalue weighted by Crippen LogP contribution is -2.45. The Morgan fingerprint density at radius 1 is 1.30 bits per heavy atom. The third-order valence-corrected chi connectivity index (χ3v) is 5.17. The molecule has 23 heavy (non-hydrogen) atoms. The lowest BCUT2D eigenvalue weighted by Gasteiger charge is -2.36. The van der Waals surface area contributed by atoms with Crippen LogP contribution in [-0.2, 0) is 4.74 Å². The van der Waals surface area contributed by atoms with E-state index in [0.717, 1.165) is 25.7 Å². The highest BCUT2D eigenvalue weighted by atomic mass is 35.5. The third-order valence-electron chi connectivity index (χ3n) is 4.89. The average molecular weight is 341 g/mol. The summed E-state index contributed by atoms with van der Waals surface area (Å²) in [6, 6.07) is 1.56. The molecule has 1 heterocycles. The fraction of sp³-hybridized carbons (Fsp3) is 0.588. The number of carbonyl (C=O) groups excluding carboxylic acids is 1. The summed E-state index contributed by atoms with van der Waals surface area (Å²) >= 11 is 6.28. The van der Waals surface area contributed by atoms with E-state index in [4.69, 9.17) is 25.8 Å². The van der Waals surface area contributed by atoms with Crippen LogP contribution in [0.2, 0.25) is 5.02 Å².